The Kier molecular flexibility index (Phi) is 5.55. The molecule has 0 saturated carbocycles. The molecular formula is C17H17N3O3S. The van der Waals surface area contributed by atoms with Gasteiger partial charge in [-0.3, -0.25) is 9.52 Å². The van der Waals surface area contributed by atoms with E-state index in [1.54, 1.807) is 0 Å². The molecule has 0 bridgehead atoms. The summed E-state index contributed by atoms with van der Waals surface area (Å²) < 4.78 is 27.1. The minimum atomic E-state index is -3.76. The van der Waals surface area contributed by atoms with Crippen LogP contribution in [-0.2, 0) is 10.0 Å². The molecule has 2 N–H and O–H groups in total. The highest BCUT2D eigenvalue weighted by Crippen LogP contribution is 2.17. The van der Waals surface area contributed by atoms with E-state index in [4.69, 9.17) is 5.26 Å². The molecule has 0 atom stereocenters. The van der Waals surface area contributed by atoms with Gasteiger partial charge >= 0.3 is 0 Å². The minimum absolute atomic E-state index is 0.0545. The summed E-state index contributed by atoms with van der Waals surface area (Å²) in [6.45, 7) is 2.52. The van der Waals surface area contributed by atoms with Crippen LogP contribution in [0, 0.1) is 11.3 Å². The number of rotatable bonds is 6. The number of carbonyl (C=O) groups is 1. The number of anilines is 1. The Balaban J connectivity index is 2.14. The van der Waals surface area contributed by atoms with Gasteiger partial charge in [0.1, 0.15) is 0 Å². The number of carbonyl (C=O) groups excluding carboxylic acids is 1. The molecule has 0 saturated heterocycles. The maximum absolute atomic E-state index is 12.3. The third-order valence-corrected chi connectivity index (χ3v) is 4.63. The molecule has 124 valence electrons. The largest absolute Gasteiger partial charge is 0.352 e. The van der Waals surface area contributed by atoms with Crippen LogP contribution in [0.3, 0.4) is 0 Å². The highest BCUT2D eigenvalue weighted by atomic mass is 32.2. The Labute approximate surface area is 141 Å². The summed E-state index contributed by atoms with van der Waals surface area (Å²) in [5.41, 5.74) is 1.21. The molecule has 0 radical (unpaired) electrons. The molecule has 2 aromatic rings. The number of nitrogens with one attached hydrogen (secondary N) is 2. The third-order valence-electron chi connectivity index (χ3n) is 3.23. The van der Waals surface area contributed by atoms with E-state index in [0.29, 0.717) is 23.4 Å². The Morgan fingerprint density at radius 2 is 1.71 bits per heavy atom. The highest BCUT2D eigenvalue weighted by molar-refractivity contribution is 7.92. The molecule has 0 aliphatic carbocycles. The standard InChI is InChI=1S/C17H17N3O3S/c1-2-11-19-17(21)14-5-9-16(10-6-14)24(22,23)20-15-7-3-13(12-18)4-8-15/h3-10,20H,2,11H2,1H3,(H,19,21). The van der Waals surface area contributed by atoms with Crippen LogP contribution >= 0.6 is 0 Å². The van der Waals surface area contributed by atoms with Crippen molar-refractivity contribution in [3.8, 4) is 6.07 Å². The first-order valence-corrected chi connectivity index (χ1v) is 8.86. The van der Waals surface area contributed by atoms with Crippen molar-refractivity contribution in [2.45, 2.75) is 18.2 Å². The highest BCUT2D eigenvalue weighted by Gasteiger charge is 2.15. The van der Waals surface area contributed by atoms with Gasteiger partial charge in [-0.2, -0.15) is 5.26 Å². The quantitative estimate of drug-likeness (QED) is 0.842. The lowest BCUT2D eigenvalue weighted by molar-refractivity contribution is 0.0953. The summed E-state index contributed by atoms with van der Waals surface area (Å²) in [4.78, 5) is 11.9. The summed E-state index contributed by atoms with van der Waals surface area (Å²) >= 11 is 0. The van der Waals surface area contributed by atoms with Crippen LogP contribution in [0.1, 0.15) is 29.3 Å². The van der Waals surface area contributed by atoms with Crippen molar-refractivity contribution in [1.82, 2.24) is 5.32 Å². The summed E-state index contributed by atoms with van der Waals surface area (Å²) in [5.74, 6) is -0.235. The molecule has 7 heteroatoms. The Bertz CT molecular complexity index is 851. The Morgan fingerprint density at radius 1 is 1.08 bits per heavy atom. The summed E-state index contributed by atoms with van der Waals surface area (Å²) in [7, 11) is -3.76. The predicted molar refractivity (Wildman–Crippen MR) is 91.0 cm³/mol. The predicted octanol–water partition coefficient (Wildman–Crippen LogP) is 2.50. The van der Waals surface area contributed by atoms with E-state index in [-0.39, 0.29) is 10.8 Å². The summed E-state index contributed by atoms with van der Waals surface area (Å²) in [6, 6.07) is 13.8. The molecule has 2 aromatic carbocycles. The van der Waals surface area contributed by atoms with Gasteiger partial charge in [-0.15, -0.1) is 0 Å². The zero-order chi connectivity index (χ0) is 17.6. The second-order valence-corrected chi connectivity index (χ2v) is 6.76. The van der Waals surface area contributed by atoms with Crippen molar-refractivity contribution in [2.75, 3.05) is 11.3 Å². The van der Waals surface area contributed by atoms with Crippen LogP contribution in [0.15, 0.2) is 53.4 Å². The fourth-order valence-corrected chi connectivity index (χ4v) is 3.01. The van der Waals surface area contributed by atoms with E-state index in [1.165, 1.54) is 48.5 Å². The number of benzene rings is 2. The van der Waals surface area contributed by atoms with Gasteiger partial charge in [-0.25, -0.2) is 8.42 Å². The zero-order valence-electron chi connectivity index (χ0n) is 13.1. The average Bonchev–Trinajstić information content (AvgIpc) is 2.60. The van der Waals surface area contributed by atoms with E-state index in [1.807, 2.05) is 13.0 Å². The SMILES string of the molecule is CCCNC(=O)c1ccc(S(=O)(=O)Nc2ccc(C#N)cc2)cc1. The van der Waals surface area contributed by atoms with Crippen molar-refractivity contribution < 1.29 is 13.2 Å². The van der Waals surface area contributed by atoms with Gasteiger partial charge in [0, 0.05) is 17.8 Å². The topological polar surface area (TPSA) is 99.1 Å². The number of nitrogens with zero attached hydrogens (tertiary/aromatic N) is 1. The first-order valence-electron chi connectivity index (χ1n) is 7.37. The molecule has 0 spiro atoms. The molecule has 1 amide bonds. The second-order valence-electron chi connectivity index (χ2n) is 5.07. The monoisotopic (exact) mass is 343 g/mol. The van der Waals surface area contributed by atoms with Crippen LogP contribution in [0.4, 0.5) is 5.69 Å². The van der Waals surface area contributed by atoms with Crippen molar-refractivity contribution in [1.29, 1.82) is 5.26 Å². The molecule has 2 rings (SSSR count). The van der Waals surface area contributed by atoms with Gasteiger partial charge < -0.3 is 5.32 Å². The van der Waals surface area contributed by atoms with Gasteiger partial charge in [0.25, 0.3) is 15.9 Å². The van der Waals surface area contributed by atoms with E-state index < -0.39 is 10.0 Å². The maximum atomic E-state index is 12.3. The molecule has 0 aromatic heterocycles. The first-order chi connectivity index (χ1) is 11.5. The number of hydrogen-bond acceptors (Lipinski definition) is 4. The van der Waals surface area contributed by atoms with E-state index in [9.17, 15) is 13.2 Å². The maximum Gasteiger partial charge on any atom is 0.261 e. The van der Waals surface area contributed by atoms with Gasteiger partial charge in [0.05, 0.1) is 16.5 Å². The first kappa shape index (κ1) is 17.5. The number of amides is 1. The van der Waals surface area contributed by atoms with E-state index in [2.05, 4.69) is 10.0 Å². The lowest BCUT2D eigenvalue weighted by atomic mass is 10.2. The lowest BCUT2D eigenvalue weighted by Gasteiger charge is -2.09. The average molecular weight is 343 g/mol. The fourth-order valence-electron chi connectivity index (χ4n) is 1.95. The van der Waals surface area contributed by atoms with Crippen LogP contribution in [0.2, 0.25) is 0 Å². The Morgan fingerprint density at radius 3 is 2.25 bits per heavy atom. The van der Waals surface area contributed by atoms with Crippen LogP contribution < -0.4 is 10.0 Å². The number of sulfonamides is 1. The molecule has 0 heterocycles. The van der Waals surface area contributed by atoms with Gasteiger partial charge in [0.15, 0.2) is 0 Å². The molecule has 0 unspecified atom stereocenters. The minimum Gasteiger partial charge on any atom is -0.352 e. The van der Waals surface area contributed by atoms with Gasteiger partial charge in [-0.05, 0) is 55.0 Å². The van der Waals surface area contributed by atoms with Crippen molar-refractivity contribution >= 4 is 21.6 Å². The molecule has 0 fully saturated rings. The fraction of sp³-hybridized carbons (Fsp3) is 0.176. The molecule has 0 aliphatic rings. The molecule has 6 nitrogen and oxygen atoms in total. The van der Waals surface area contributed by atoms with Crippen molar-refractivity contribution in [3.63, 3.8) is 0 Å². The molecule has 0 aliphatic heterocycles. The number of nitriles is 1. The lowest BCUT2D eigenvalue weighted by Crippen LogP contribution is -2.24. The molecular weight excluding hydrogens is 326 g/mol. The van der Waals surface area contributed by atoms with Crippen LogP contribution in [0.25, 0.3) is 0 Å². The van der Waals surface area contributed by atoms with Gasteiger partial charge in [-0.1, -0.05) is 6.92 Å². The third kappa shape index (κ3) is 4.33. The number of hydrogen-bond donors (Lipinski definition) is 2. The van der Waals surface area contributed by atoms with Crippen LogP contribution in [0.5, 0.6) is 0 Å². The van der Waals surface area contributed by atoms with Crippen molar-refractivity contribution in [2.24, 2.45) is 0 Å². The van der Waals surface area contributed by atoms with Crippen molar-refractivity contribution in [3.05, 3.63) is 59.7 Å². The smallest absolute Gasteiger partial charge is 0.261 e. The summed E-state index contributed by atoms with van der Waals surface area (Å²) in [6.07, 6.45) is 0.826. The van der Waals surface area contributed by atoms with Gasteiger partial charge in [0.2, 0.25) is 0 Å². The Hall–Kier alpha value is -2.85. The van der Waals surface area contributed by atoms with E-state index in [0.717, 1.165) is 6.42 Å². The van der Waals surface area contributed by atoms with Crippen LogP contribution in [-0.4, -0.2) is 20.9 Å². The summed E-state index contributed by atoms with van der Waals surface area (Å²) in [5, 5.41) is 11.5. The normalized spacial score (nSPS) is 10.7. The zero-order valence-corrected chi connectivity index (χ0v) is 13.9. The second kappa shape index (κ2) is 7.62. The van der Waals surface area contributed by atoms with E-state index >= 15 is 0 Å². The molecule has 24 heavy (non-hydrogen) atoms.